The zero-order valence-electron chi connectivity index (χ0n) is 10.3. The minimum atomic E-state index is -0.590. The molecule has 7 nitrogen and oxygen atoms in total. The quantitative estimate of drug-likeness (QED) is 0.355. The molecular formula is C10H15ClN4O3. The Hall–Kier alpha value is -1.47. The van der Waals surface area contributed by atoms with Crippen LogP contribution in [0.4, 0.5) is 11.5 Å². The summed E-state index contributed by atoms with van der Waals surface area (Å²) in [7, 11) is 1.49. The standard InChI is InChI=1S/C10H15ClN4O3/c1-3-4-5-12-10-8(15(16)17)9(11)13-7(14-10)6-18-2/h3-6H2,1-2H3,(H,12,13,14). The number of hydrogen-bond acceptors (Lipinski definition) is 6. The number of anilines is 1. The van der Waals surface area contributed by atoms with E-state index in [1.54, 1.807) is 0 Å². The number of hydrogen-bond donors (Lipinski definition) is 1. The minimum Gasteiger partial charge on any atom is -0.377 e. The van der Waals surface area contributed by atoms with Gasteiger partial charge in [0.25, 0.3) is 0 Å². The molecule has 0 aromatic carbocycles. The van der Waals surface area contributed by atoms with Gasteiger partial charge in [0, 0.05) is 13.7 Å². The van der Waals surface area contributed by atoms with Crippen molar-refractivity contribution in [2.45, 2.75) is 26.4 Å². The number of ether oxygens (including phenoxy) is 1. The van der Waals surface area contributed by atoms with Crippen LogP contribution in [0.2, 0.25) is 5.15 Å². The summed E-state index contributed by atoms with van der Waals surface area (Å²) in [6.45, 7) is 2.77. The van der Waals surface area contributed by atoms with E-state index in [-0.39, 0.29) is 23.3 Å². The van der Waals surface area contributed by atoms with Gasteiger partial charge < -0.3 is 10.1 Å². The van der Waals surface area contributed by atoms with Crippen molar-refractivity contribution in [3.63, 3.8) is 0 Å². The van der Waals surface area contributed by atoms with Crippen molar-refractivity contribution in [2.24, 2.45) is 0 Å². The van der Waals surface area contributed by atoms with E-state index in [2.05, 4.69) is 15.3 Å². The van der Waals surface area contributed by atoms with Crippen LogP contribution in [0.3, 0.4) is 0 Å². The van der Waals surface area contributed by atoms with E-state index in [9.17, 15) is 10.1 Å². The number of methoxy groups -OCH3 is 1. The molecule has 0 aliphatic carbocycles. The molecule has 0 unspecified atom stereocenters. The topological polar surface area (TPSA) is 90.2 Å². The summed E-state index contributed by atoms with van der Waals surface area (Å²) >= 11 is 5.79. The SMILES string of the molecule is CCCCNc1nc(COC)nc(Cl)c1[N+](=O)[O-]. The molecule has 0 spiro atoms. The van der Waals surface area contributed by atoms with Crippen LogP contribution in [-0.2, 0) is 11.3 Å². The normalized spacial score (nSPS) is 10.4. The molecule has 0 bridgehead atoms. The second-order valence-electron chi connectivity index (χ2n) is 3.60. The van der Waals surface area contributed by atoms with Gasteiger partial charge in [0.15, 0.2) is 5.82 Å². The molecule has 1 N–H and O–H groups in total. The van der Waals surface area contributed by atoms with Crippen LogP contribution < -0.4 is 5.32 Å². The predicted octanol–water partition coefficient (Wildman–Crippen LogP) is 2.40. The Balaban J connectivity index is 3.03. The third-order valence-corrected chi connectivity index (χ3v) is 2.43. The van der Waals surface area contributed by atoms with E-state index in [4.69, 9.17) is 16.3 Å². The van der Waals surface area contributed by atoms with Gasteiger partial charge in [0.05, 0.1) is 4.92 Å². The van der Waals surface area contributed by atoms with Gasteiger partial charge >= 0.3 is 5.69 Å². The molecule has 100 valence electrons. The van der Waals surface area contributed by atoms with Gasteiger partial charge in [-0.1, -0.05) is 24.9 Å². The fraction of sp³-hybridized carbons (Fsp3) is 0.600. The maximum Gasteiger partial charge on any atom is 0.348 e. The highest BCUT2D eigenvalue weighted by Gasteiger charge is 2.23. The Morgan fingerprint density at radius 2 is 2.22 bits per heavy atom. The summed E-state index contributed by atoms with van der Waals surface area (Å²) in [5.74, 6) is 0.451. The largest absolute Gasteiger partial charge is 0.377 e. The molecule has 1 aromatic heterocycles. The lowest BCUT2D eigenvalue weighted by Crippen LogP contribution is -2.10. The Bertz CT molecular complexity index is 428. The van der Waals surface area contributed by atoms with Gasteiger partial charge in [0.1, 0.15) is 6.61 Å². The fourth-order valence-electron chi connectivity index (χ4n) is 1.33. The van der Waals surface area contributed by atoms with Crippen LogP contribution in [0, 0.1) is 10.1 Å². The van der Waals surface area contributed by atoms with E-state index in [0.717, 1.165) is 12.8 Å². The maximum atomic E-state index is 10.9. The Labute approximate surface area is 110 Å². The van der Waals surface area contributed by atoms with Crippen LogP contribution in [0.5, 0.6) is 0 Å². The third-order valence-electron chi connectivity index (χ3n) is 2.17. The molecule has 1 heterocycles. The first kappa shape index (κ1) is 14.6. The highest BCUT2D eigenvalue weighted by Crippen LogP contribution is 2.29. The highest BCUT2D eigenvalue weighted by atomic mass is 35.5. The minimum absolute atomic E-state index is 0.139. The Morgan fingerprint density at radius 1 is 1.50 bits per heavy atom. The van der Waals surface area contributed by atoms with Crippen LogP contribution in [-0.4, -0.2) is 28.5 Å². The number of nitrogens with one attached hydrogen (secondary N) is 1. The molecule has 0 aliphatic heterocycles. The van der Waals surface area contributed by atoms with Gasteiger partial charge in [-0.2, -0.15) is 0 Å². The van der Waals surface area contributed by atoms with Gasteiger partial charge in [-0.05, 0) is 6.42 Å². The first-order chi connectivity index (χ1) is 8.60. The zero-order valence-corrected chi connectivity index (χ0v) is 11.0. The van der Waals surface area contributed by atoms with Crippen molar-refractivity contribution in [3.8, 4) is 0 Å². The monoisotopic (exact) mass is 274 g/mol. The Morgan fingerprint density at radius 3 is 2.78 bits per heavy atom. The molecular weight excluding hydrogens is 260 g/mol. The molecule has 0 aliphatic rings. The summed E-state index contributed by atoms with van der Waals surface area (Å²) < 4.78 is 4.88. The molecule has 0 saturated heterocycles. The molecule has 1 aromatic rings. The summed E-state index contributed by atoms with van der Waals surface area (Å²) in [6, 6.07) is 0. The second-order valence-corrected chi connectivity index (χ2v) is 3.96. The molecule has 18 heavy (non-hydrogen) atoms. The molecule has 0 atom stereocenters. The molecule has 0 fully saturated rings. The molecule has 0 saturated carbocycles. The summed E-state index contributed by atoms with van der Waals surface area (Å²) in [5.41, 5.74) is -0.298. The smallest absolute Gasteiger partial charge is 0.348 e. The lowest BCUT2D eigenvalue weighted by atomic mass is 10.3. The number of rotatable bonds is 7. The zero-order chi connectivity index (χ0) is 13.5. The lowest BCUT2D eigenvalue weighted by Gasteiger charge is -2.08. The molecule has 0 amide bonds. The van der Waals surface area contributed by atoms with Crippen LogP contribution in [0.1, 0.15) is 25.6 Å². The predicted molar refractivity (Wildman–Crippen MR) is 67.8 cm³/mol. The third kappa shape index (κ3) is 3.78. The van der Waals surface area contributed by atoms with Crippen molar-refractivity contribution in [1.82, 2.24) is 9.97 Å². The van der Waals surface area contributed by atoms with Crippen molar-refractivity contribution >= 4 is 23.1 Å². The summed E-state index contributed by atoms with van der Waals surface area (Å²) in [6.07, 6.45) is 1.86. The number of nitrogens with zero attached hydrogens (tertiary/aromatic N) is 3. The first-order valence-electron chi connectivity index (χ1n) is 5.53. The summed E-state index contributed by atoms with van der Waals surface area (Å²) in [4.78, 5) is 18.2. The average Bonchev–Trinajstić information content (AvgIpc) is 2.28. The van der Waals surface area contributed by atoms with E-state index in [1.165, 1.54) is 7.11 Å². The van der Waals surface area contributed by atoms with Crippen molar-refractivity contribution < 1.29 is 9.66 Å². The average molecular weight is 275 g/mol. The van der Waals surface area contributed by atoms with Gasteiger partial charge in [-0.3, -0.25) is 10.1 Å². The number of halogens is 1. The number of aromatic nitrogens is 2. The van der Waals surface area contributed by atoms with Crippen LogP contribution in [0.25, 0.3) is 0 Å². The first-order valence-corrected chi connectivity index (χ1v) is 5.91. The van der Waals surface area contributed by atoms with Crippen molar-refractivity contribution in [3.05, 3.63) is 21.1 Å². The Kier molecular flexibility index (Phi) is 5.73. The van der Waals surface area contributed by atoms with E-state index in [0.29, 0.717) is 12.4 Å². The van der Waals surface area contributed by atoms with E-state index < -0.39 is 4.92 Å². The summed E-state index contributed by atoms with van der Waals surface area (Å²) in [5, 5.41) is 13.6. The van der Waals surface area contributed by atoms with Gasteiger partial charge in [-0.15, -0.1) is 0 Å². The second kappa shape index (κ2) is 7.07. The van der Waals surface area contributed by atoms with E-state index >= 15 is 0 Å². The molecule has 0 radical (unpaired) electrons. The lowest BCUT2D eigenvalue weighted by molar-refractivity contribution is -0.384. The maximum absolute atomic E-state index is 10.9. The van der Waals surface area contributed by atoms with Gasteiger partial charge in [-0.25, -0.2) is 9.97 Å². The van der Waals surface area contributed by atoms with Gasteiger partial charge in [0.2, 0.25) is 11.0 Å². The fourth-order valence-corrected chi connectivity index (χ4v) is 1.59. The molecule has 8 heteroatoms. The van der Waals surface area contributed by atoms with Crippen molar-refractivity contribution in [2.75, 3.05) is 19.0 Å². The number of nitro groups is 1. The van der Waals surface area contributed by atoms with E-state index in [1.807, 2.05) is 6.92 Å². The van der Waals surface area contributed by atoms with Crippen LogP contribution in [0.15, 0.2) is 0 Å². The highest BCUT2D eigenvalue weighted by molar-refractivity contribution is 6.31. The number of unbranched alkanes of at least 4 members (excludes halogenated alkanes) is 1. The van der Waals surface area contributed by atoms with Crippen molar-refractivity contribution in [1.29, 1.82) is 0 Å². The van der Waals surface area contributed by atoms with Crippen LogP contribution >= 0.6 is 11.6 Å². The molecule has 1 rings (SSSR count).